The monoisotopic (exact) mass is 293 g/mol. The summed E-state index contributed by atoms with van der Waals surface area (Å²) in [6, 6.07) is 7.47. The summed E-state index contributed by atoms with van der Waals surface area (Å²) in [5.74, 6) is 0.469. The summed E-state index contributed by atoms with van der Waals surface area (Å²) >= 11 is 1.36. The molecule has 106 valence electrons. The summed E-state index contributed by atoms with van der Waals surface area (Å²) < 4.78 is 10.1. The maximum atomic E-state index is 11.2. The highest BCUT2D eigenvalue weighted by Crippen LogP contribution is 2.26. The second-order valence-electron chi connectivity index (χ2n) is 3.87. The summed E-state index contributed by atoms with van der Waals surface area (Å²) in [6.45, 7) is 0.158. The fraction of sp³-hybridized carbons (Fsp3) is 0.231. The Balaban J connectivity index is 2.06. The van der Waals surface area contributed by atoms with E-state index in [4.69, 9.17) is 15.2 Å². The highest BCUT2D eigenvalue weighted by atomic mass is 32.1. The molecule has 0 saturated heterocycles. The highest BCUT2D eigenvalue weighted by molar-refractivity contribution is 7.14. The standard InChI is InChI=1S/C13H15N3O3S/c1-18-8-19-10-4-2-9(3-5-10)11-7-20-13(15-11)16-12(17)6-14/h2-5,7H,6,8,14H2,1H3,(H,15,16,17). The number of thiazole rings is 1. The molecule has 1 aromatic heterocycles. The van der Waals surface area contributed by atoms with Gasteiger partial charge in [0.2, 0.25) is 5.91 Å². The van der Waals surface area contributed by atoms with Gasteiger partial charge in [0.15, 0.2) is 11.9 Å². The van der Waals surface area contributed by atoms with Crippen LogP contribution in [0.1, 0.15) is 0 Å². The van der Waals surface area contributed by atoms with Crippen LogP contribution in [0, 0.1) is 0 Å². The van der Waals surface area contributed by atoms with E-state index in [1.165, 1.54) is 11.3 Å². The van der Waals surface area contributed by atoms with E-state index in [0.29, 0.717) is 5.13 Å². The van der Waals surface area contributed by atoms with E-state index in [2.05, 4.69) is 10.3 Å². The number of nitrogens with two attached hydrogens (primary N) is 1. The zero-order chi connectivity index (χ0) is 14.4. The van der Waals surface area contributed by atoms with Gasteiger partial charge in [0.1, 0.15) is 5.75 Å². The minimum absolute atomic E-state index is 0.0551. The van der Waals surface area contributed by atoms with Gasteiger partial charge in [0.25, 0.3) is 0 Å². The lowest BCUT2D eigenvalue weighted by Crippen LogP contribution is -2.21. The fourth-order valence-electron chi connectivity index (χ4n) is 1.48. The molecule has 0 aliphatic carbocycles. The second kappa shape index (κ2) is 6.99. The normalized spacial score (nSPS) is 10.3. The van der Waals surface area contributed by atoms with Gasteiger partial charge in [-0.15, -0.1) is 11.3 Å². The molecule has 0 aliphatic rings. The number of hydrogen-bond donors (Lipinski definition) is 2. The molecule has 7 heteroatoms. The molecule has 20 heavy (non-hydrogen) atoms. The number of nitrogens with one attached hydrogen (secondary N) is 1. The molecule has 1 aromatic carbocycles. The second-order valence-corrected chi connectivity index (χ2v) is 4.72. The molecule has 0 radical (unpaired) electrons. The smallest absolute Gasteiger partial charge is 0.239 e. The van der Waals surface area contributed by atoms with Crippen molar-refractivity contribution in [3.05, 3.63) is 29.6 Å². The zero-order valence-electron chi connectivity index (χ0n) is 11.0. The molecular weight excluding hydrogens is 278 g/mol. The Bertz CT molecular complexity index is 568. The molecule has 2 rings (SSSR count). The lowest BCUT2D eigenvalue weighted by Gasteiger charge is -2.04. The third-order valence-electron chi connectivity index (χ3n) is 2.43. The lowest BCUT2D eigenvalue weighted by molar-refractivity contribution is -0.114. The minimum Gasteiger partial charge on any atom is -0.468 e. The predicted octanol–water partition coefficient (Wildman–Crippen LogP) is 1.69. The van der Waals surface area contributed by atoms with Crippen LogP contribution in [-0.4, -0.2) is 31.3 Å². The topological polar surface area (TPSA) is 86.5 Å². The van der Waals surface area contributed by atoms with Gasteiger partial charge in [-0.05, 0) is 24.3 Å². The summed E-state index contributed by atoms with van der Waals surface area (Å²) in [5, 5.41) is 5.03. The van der Waals surface area contributed by atoms with E-state index < -0.39 is 0 Å². The minimum atomic E-state index is -0.255. The molecule has 1 amide bonds. The Morgan fingerprint density at radius 3 is 2.80 bits per heavy atom. The number of nitrogens with zero attached hydrogens (tertiary/aromatic N) is 1. The number of ether oxygens (including phenoxy) is 2. The number of carbonyl (C=O) groups is 1. The lowest BCUT2D eigenvalue weighted by atomic mass is 10.2. The van der Waals surface area contributed by atoms with Crippen LogP contribution in [0.5, 0.6) is 5.75 Å². The Morgan fingerprint density at radius 2 is 2.15 bits per heavy atom. The molecule has 0 atom stereocenters. The van der Waals surface area contributed by atoms with Crippen LogP contribution in [-0.2, 0) is 9.53 Å². The molecule has 3 N–H and O–H groups in total. The Kier molecular flexibility index (Phi) is 5.05. The number of aromatic nitrogens is 1. The van der Waals surface area contributed by atoms with Crippen molar-refractivity contribution in [1.29, 1.82) is 0 Å². The van der Waals surface area contributed by atoms with E-state index >= 15 is 0 Å². The average Bonchev–Trinajstić information content (AvgIpc) is 2.94. The Hall–Kier alpha value is -1.96. The Labute approximate surface area is 120 Å². The van der Waals surface area contributed by atoms with Crippen molar-refractivity contribution >= 4 is 22.4 Å². The van der Waals surface area contributed by atoms with Crippen LogP contribution in [0.2, 0.25) is 0 Å². The van der Waals surface area contributed by atoms with Crippen molar-refractivity contribution in [2.75, 3.05) is 25.8 Å². The summed E-state index contributed by atoms with van der Waals surface area (Å²) in [6.07, 6.45) is 0. The van der Waals surface area contributed by atoms with Crippen LogP contribution in [0.15, 0.2) is 29.6 Å². The van der Waals surface area contributed by atoms with Gasteiger partial charge in [0, 0.05) is 18.1 Å². The largest absolute Gasteiger partial charge is 0.468 e. The van der Waals surface area contributed by atoms with Crippen LogP contribution >= 0.6 is 11.3 Å². The quantitative estimate of drug-likeness (QED) is 0.791. The number of methoxy groups -OCH3 is 1. The van der Waals surface area contributed by atoms with E-state index in [1.54, 1.807) is 7.11 Å². The number of anilines is 1. The molecule has 2 aromatic rings. The number of carbonyl (C=O) groups excluding carboxylic acids is 1. The maximum Gasteiger partial charge on any atom is 0.239 e. The SMILES string of the molecule is COCOc1ccc(-c2csc(NC(=O)CN)n2)cc1. The number of amides is 1. The van der Waals surface area contributed by atoms with Crippen LogP contribution < -0.4 is 15.8 Å². The van der Waals surface area contributed by atoms with Crippen LogP contribution in [0.4, 0.5) is 5.13 Å². The first-order valence-corrected chi connectivity index (χ1v) is 6.78. The molecule has 1 heterocycles. The third kappa shape index (κ3) is 3.77. The average molecular weight is 293 g/mol. The molecule has 0 aliphatic heterocycles. The van der Waals surface area contributed by atoms with Crippen molar-refractivity contribution < 1.29 is 14.3 Å². The molecular formula is C13H15N3O3S. The van der Waals surface area contributed by atoms with Gasteiger partial charge in [-0.3, -0.25) is 4.79 Å². The third-order valence-corrected chi connectivity index (χ3v) is 3.19. The van der Waals surface area contributed by atoms with Crippen LogP contribution in [0.3, 0.4) is 0 Å². The van der Waals surface area contributed by atoms with Gasteiger partial charge in [0.05, 0.1) is 12.2 Å². The molecule has 0 bridgehead atoms. The highest BCUT2D eigenvalue weighted by Gasteiger charge is 2.07. The molecule has 0 unspecified atom stereocenters. The molecule has 0 spiro atoms. The van der Waals surface area contributed by atoms with Crippen molar-refractivity contribution in [1.82, 2.24) is 4.98 Å². The number of hydrogen-bond acceptors (Lipinski definition) is 6. The molecule has 6 nitrogen and oxygen atoms in total. The van der Waals surface area contributed by atoms with Gasteiger partial charge in [-0.1, -0.05) is 0 Å². The first-order valence-electron chi connectivity index (χ1n) is 5.90. The van der Waals surface area contributed by atoms with E-state index in [-0.39, 0.29) is 19.2 Å². The molecule has 0 fully saturated rings. The van der Waals surface area contributed by atoms with Gasteiger partial charge < -0.3 is 20.5 Å². The fourth-order valence-corrected chi connectivity index (χ4v) is 2.22. The van der Waals surface area contributed by atoms with E-state index in [1.807, 2.05) is 29.6 Å². The van der Waals surface area contributed by atoms with E-state index in [9.17, 15) is 4.79 Å². The predicted molar refractivity (Wildman–Crippen MR) is 77.7 cm³/mol. The van der Waals surface area contributed by atoms with Crippen molar-refractivity contribution in [2.45, 2.75) is 0 Å². The summed E-state index contributed by atoms with van der Waals surface area (Å²) in [4.78, 5) is 15.5. The zero-order valence-corrected chi connectivity index (χ0v) is 11.8. The Morgan fingerprint density at radius 1 is 1.40 bits per heavy atom. The maximum absolute atomic E-state index is 11.2. The number of benzene rings is 1. The van der Waals surface area contributed by atoms with Crippen molar-refractivity contribution in [3.63, 3.8) is 0 Å². The van der Waals surface area contributed by atoms with Gasteiger partial charge in [-0.25, -0.2) is 4.98 Å². The first kappa shape index (κ1) is 14.4. The summed E-state index contributed by atoms with van der Waals surface area (Å²) in [5.41, 5.74) is 6.97. The van der Waals surface area contributed by atoms with Crippen LogP contribution in [0.25, 0.3) is 11.3 Å². The van der Waals surface area contributed by atoms with Gasteiger partial charge in [-0.2, -0.15) is 0 Å². The summed E-state index contributed by atoms with van der Waals surface area (Å²) in [7, 11) is 1.57. The first-order chi connectivity index (χ1) is 9.72. The van der Waals surface area contributed by atoms with Gasteiger partial charge >= 0.3 is 0 Å². The number of rotatable bonds is 6. The van der Waals surface area contributed by atoms with E-state index in [0.717, 1.165) is 17.0 Å². The molecule has 0 saturated carbocycles. The van der Waals surface area contributed by atoms with Crippen molar-refractivity contribution in [2.24, 2.45) is 5.73 Å². The van der Waals surface area contributed by atoms with Crippen molar-refractivity contribution in [3.8, 4) is 17.0 Å².